The van der Waals surface area contributed by atoms with Gasteiger partial charge in [-0.2, -0.15) is 0 Å². The van der Waals surface area contributed by atoms with Gasteiger partial charge in [0.05, 0.1) is 0 Å². The molecule has 1 aliphatic rings. The maximum atomic E-state index is 10.3. The molecule has 0 amide bonds. The summed E-state index contributed by atoms with van der Waals surface area (Å²) in [7, 11) is 0. The minimum absolute atomic E-state index is 0.152. The third kappa shape index (κ3) is 1.86. The summed E-state index contributed by atoms with van der Waals surface area (Å²) in [4.78, 5) is 10.3. The number of allylic oxidation sites excluding steroid dienone is 1. The zero-order valence-corrected chi connectivity index (χ0v) is 6.46. The third-order valence-corrected chi connectivity index (χ3v) is 1.32. The van der Waals surface area contributed by atoms with Gasteiger partial charge in [0.1, 0.15) is 18.4 Å². The molecular weight excluding hydrogens is 148 g/mol. The largest absolute Gasteiger partial charge is 0.481 e. The molecule has 0 saturated heterocycles. The summed E-state index contributed by atoms with van der Waals surface area (Å²) in [5.74, 6) is -1.33. The van der Waals surface area contributed by atoms with Gasteiger partial charge in [-0.15, -0.1) is 0 Å². The van der Waals surface area contributed by atoms with E-state index in [2.05, 4.69) is 0 Å². The van der Waals surface area contributed by atoms with Gasteiger partial charge in [0, 0.05) is 6.92 Å². The molecule has 1 heterocycles. The first-order valence-electron chi connectivity index (χ1n) is 3.27. The highest BCUT2D eigenvalue weighted by Crippen LogP contribution is 2.27. The Bertz CT molecular complexity index is 208. The maximum Gasteiger partial charge on any atom is 0.311 e. The van der Waals surface area contributed by atoms with Crippen molar-refractivity contribution in [1.29, 1.82) is 0 Å². The molecule has 1 unspecified atom stereocenters. The van der Waals surface area contributed by atoms with E-state index in [1.807, 2.05) is 0 Å². The Morgan fingerprint density at radius 1 is 1.82 bits per heavy atom. The van der Waals surface area contributed by atoms with E-state index in [4.69, 9.17) is 14.6 Å². The topological polar surface area (TPSA) is 55.8 Å². The standard InChI is InChI=1S/C7H10O4/c1-5-4-10-7(2,11-5)3-6(8)9/h4H,3H2,1-2H3,(H,8,9). The van der Waals surface area contributed by atoms with E-state index < -0.39 is 11.8 Å². The Labute approximate surface area is 64.4 Å². The maximum absolute atomic E-state index is 10.3. The first-order valence-corrected chi connectivity index (χ1v) is 3.27. The van der Waals surface area contributed by atoms with Crippen LogP contribution in [-0.4, -0.2) is 16.9 Å². The van der Waals surface area contributed by atoms with E-state index in [1.165, 1.54) is 6.26 Å². The molecule has 1 atom stereocenters. The molecule has 1 rings (SSSR count). The van der Waals surface area contributed by atoms with Crippen LogP contribution in [0.4, 0.5) is 0 Å². The van der Waals surface area contributed by atoms with Crippen molar-refractivity contribution >= 4 is 5.97 Å². The Kier molecular flexibility index (Phi) is 1.76. The number of carbonyl (C=O) groups is 1. The normalized spacial score (nSPS) is 28.7. The molecule has 4 nitrogen and oxygen atoms in total. The van der Waals surface area contributed by atoms with E-state index in [0.29, 0.717) is 5.76 Å². The lowest BCUT2D eigenvalue weighted by molar-refractivity contribution is -0.165. The van der Waals surface area contributed by atoms with Crippen molar-refractivity contribution in [3.8, 4) is 0 Å². The van der Waals surface area contributed by atoms with Gasteiger partial charge in [0.2, 0.25) is 0 Å². The van der Waals surface area contributed by atoms with Crippen molar-refractivity contribution in [3.05, 3.63) is 12.0 Å². The number of aliphatic carboxylic acids is 1. The lowest BCUT2D eigenvalue weighted by Gasteiger charge is -2.21. The number of ether oxygens (including phenoxy) is 2. The molecule has 1 N–H and O–H groups in total. The molecule has 0 aromatic rings. The van der Waals surface area contributed by atoms with Crippen LogP contribution >= 0.6 is 0 Å². The van der Waals surface area contributed by atoms with Gasteiger partial charge in [-0.3, -0.25) is 4.79 Å². The summed E-state index contributed by atoms with van der Waals surface area (Å²) in [6.07, 6.45) is 1.27. The summed E-state index contributed by atoms with van der Waals surface area (Å²) in [5, 5.41) is 8.44. The van der Waals surface area contributed by atoms with Crippen molar-refractivity contribution in [1.82, 2.24) is 0 Å². The van der Waals surface area contributed by atoms with Crippen molar-refractivity contribution < 1.29 is 19.4 Å². The highest BCUT2D eigenvalue weighted by atomic mass is 16.7. The number of carboxylic acid groups (broad SMARTS) is 1. The second-order valence-electron chi connectivity index (χ2n) is 2.65. The Hall–Kier alpha value is -1.19. The van der Waals surface area contributed by atoms with Crippen LogP contribution in [-0.2, 0) is 14.3 Å². The SMILES string of the molecule is CC1=COC(C)(CC(=O)O)O1. The lowest BCUT2D eigenvalue weighted by atomic mass is 10.2. The van der Waals surface area contributed by atoms with Gasteiger partial charge in [0.15, 0.2) is 0 Å². The summed E-state index contributed by atoms with van der Waals surface area (Å²) >= 11 is 0. The molecule has 1 aliphatic heterocycles. The van der Waals surface area contributed by atoms with Crippen LogP contribution in [0.25, 0.3) is 0 Å². The second kappa shape index (κ2) is 2.45. The summed E-state index contributed by atoms with van der Waals surface area (Å²) in [6, 6.07) is 0. The first-order chi connectivity index (χ1) is 5.02. The predicted octanol–water partition coefficient (Wildman–Crippen LogP) is 1.09. The van der Waals surface area contributed by atoms with Gasteiger partial charge in [-0.25, -0.2) is 0 Å². The number of hydrogen-bond acceptors (Lipinski definition) is 3. The smallest absolute Gasteiger partial charge is 0.311 e. The van der Waals surface area contributed by atoms with Crippen LogP contribution < -0.4 is 0 Å². The fraction of sp³-hybridized carbons (Fsp3) is 0.571. The Morgan fingerprint density at radius 3 is 2.82 bits per heavy atom. The molecule has 0 saturated carbocycles. The number of carboxylic acids is 1. The highest BCUT2D eigenvalue weighted by Gasteiger charge is 2.34. The molecule has 0 fully saturated rings. The van der Waals surface area contributed by atoms with Crippen LogP contribution in [0, 0.1) is 0 Å². The summed E-state index contributed by atoms with van der Waals surface area (Å²) < 4.78 is 10.1. The summed E-state index contributed by atoms with van der Waals surface area (Å²) in [6.45, 7) is 3.31. The molecular formula is C7H10O4. The van der Waals surface area contributed by atoms with E-state index in [0.717, 1.165) is 0 Å². The predicted molar refractivity (Wildman–Crippen MR) is 36.6 cm³/mol. The fourth-order valence-corrected chi connectivity index (χ4v) is 0.949. The van der Waals surface area contributed by atoms with Crippen LogP contribution in [0.5, 0.6) is 0 Å². The van der Waals surface area contributed by atoms with Gasteiger partial charge < -0.3 is 14.6 Å². The third-order valence-electron chi connectivity index (χ3n) is 1.32. The molecule has 0 aromatic heterocycles. The summed E-state index contributed by atoms with van der Waals surface area (Å²) in [5.41, 5.74) is 0. The van der Waals surface area contributed by atoms with Crippen molar-refractivity contribution in [2.24, 2.45) is 0 Å². The van der Waals surface area contributed by atoms with Crippen molar-refractivity contribution in [2.45, 2.75) is 26.1 Å². The molecule has 0 aliphatic carbocycles. The highest BCUT2D eigenvalue weighted by molar-refractivity contribution is 5.67. The molecule has 0 aromatic carbocycles. The molecule has 0 spiro atoms. The second-order valence-corrected chi connectivity index (χ2v) is 2.65. The zero-order chi connectivity index (χ0) is 8.48. The van der Waals surface area contributed by atoms with E-state index in [9.17, 15) is 4.79 Å². The number of hydrogen-bond donors (Lipinski definition) is 1. The molecule has 4 heteroatoms. The van der Waals surface area contributed by atoms with Crippen LogP contribution in [0.1, 0.15) is 20.3 Å². The van der Waals surface area contributed by atoms with Crippen LogP contribution in [0.3, 0.4) is 0 Å². The van der Waals surface area contributed by atoms with E-state index in [-0.39, 0.29) is 6.42 Å². The molecule has 62 valence electrons. The van der Waals surface area contributed by atoms with Gasteiger partial charge in [0.25, 0.3) is 5.79 Å². The number of rotatable bonds is 2. The first kappa shape index (κ1) is 7.91. The van der Waals surface area contributed by atoms with E-state index in [1.54, 1.807) is 13.8 Å². The Balaban J connectivity index is 2.52. The van der Waals surface area contributed by atoms with Gasteiger partial charge in [-0.1, -0.05) is 0 Å². The average Bonchev–Trinajstić information content (AvgIpc) is 2.08. The minimum atomic E-state index is -1.00. The zero-order valence-electron chi connectivity index (χ0n) is 6.46. The Morgan fingerprint density at radius 2 is 2.45 bits per heavy atom. The lowest BCUT2D eigenvalue weighted by Crippen LogP contribution is -2.29. The van der Waals surface area contributed by atoms with Crippen LogP contribution in [0.15, 0.2) is 12.0 Å². The minimum Gasteiger partial charge on any atom is -0.481 e. The van der Waals surface area contributed by atoms with Crippen LogP contribution in [0.2, 0.25) is 0 Å². The molecule has 0 bridgehead atoms. The monoisotopic (exact) mass is 158 g/mol. The van der Waals surface area contributed by atoms with Gasteiger partial charge in [-0.05, 0) is 6.92 Å². The van der Waals surface area contributed by atoms with Gasteiger partial charge >= 0.3 is 5.97 Å². The molecule has 0 radical (unpaired) electrons. The van der Waals surface area contributed by atoms with E-state index >= 15 is 0 Å². The average molecular weight is 158 g/mol. The van der Waals surface area contributed by atoms with Crippen molar-refractivity contribution in [3.63, 3.8) is 0 Å². The van der Waals surface area contributed by atoms with Crippen molar-refractivity contribution in [2.75, 3.05) is 0 Å². The quantitative estimate of drug-likeness (QED) is 0.653. The molecule has 11 heavy (non-hydrogen) atoms. The fourth-order valence-electron chi connectivity index (χ4n) is 0.949.